The second-order valence-corrected chi connectivity index (χ2v) is 6.52. The molecule has 3 rings (SSSR count). The van der Waals surface area contributed by atoms with Crippen molar-refractivity contribution >= 4 is 11.6 Å². The van der Waals surface area contributed by atoms with E-state index in [2.05, 4.69) is 27.3 Å². The molecule has 0 saturated carbocycles. The SMILES string of the molecule is CNC1CCCN(C(=O)CN(Cc2cccnc2)c2ccccc2)C1. The molecule has 1 saturated heterocycles. The van der Waals surface area contributed by atoms with Crippen LogP contribution in [-0.4, -0.2) is 48.5 Å². The molecule has 2 heterocycles. The van der Waals surface area contributed by atoms with Gasteiger partial charge in [0.1, 0.15) is 0 Å². The van der Waals surface area contributed by atoms with Crippen molar-refractivity contribution in [3.63, 3.8) is 0 Å². The van der Waals surface area contributed by atoms with Crippen LogP contribution in [0.25, 0.3) is 0 Å². The largest absolute Gasteiger partial charge is 0.358 e. The number of likely N-dealkylation sites (tertiary alicyclic amines) is 1. The fourth-order valence-electron chi connectivity index (χ4n) is 3.29. The Hall–Kier alpha value is -2.40. The fourth-order valence-corrected chi connectivity index (χ4v) is 3.29. The van der Waals surface area contributed by atoms with Gasteiger partial charge >= 0.3 is 0 Å². The first-order valence-corrected chi connectivity index (χ1v) is 8.90. The third-order valence-corrected chi connectivity index (χ3v) is 4.73. The van der Waals surface area contributed by atoms with Crippen LogP contribution in [0.5, 0.6) is 0 Å². The van der Waals surface area contributed by atoms with Crippen LogP contribution < -0.4 is 10.2 Å². The van der Waals surface area contributed by atoms with Crippen LogP contribution in [0.1, 0.15) is 18.4 Å². The molecule has 1 fully saturated rings. The quantitative estimate of drug-likeness (QED) is 0.878. The van der Waals surface area contributed by atoms with Gasteiger partial charge in [-0.05, 0) is 43.7 Å². The Bertz CT molecular complexity index is 662. The maximum absolute atomic E-state index is 12.9. The summed E-state index contributed by atoms with van der Waals surface area (Å²) >= 11 is 0. The van der Waals surface area contributed by atoms with Gasteiger partial charge < -0.3 is 15.1 Å². The number of carbonyl (C=O) groups is 1. The number of amides is 1. The molecule has 0 aliphatic carbocycles. The van der Waals surface area contributed by atoms with Crippen molar-refractivity contribution in [2.45, 2.75) is 25.4 Å². The second-order valence-electron chi connectivity index (χ2n) is 6.52. The molecule has 1 aromatic heterocycles. The van der Waals surface area contributed by atoms with E-state index in [0.29, 0.717) is 19.1 Å². The Labute approximate surface area is 149 Å². The van der Waals surface area contributed by atoms with Crippen LogP contribution in [-0.2, 0) is 11.3 Å². The maximum Gasteiger partial charge on any atom is 0.242 e. The normalized spacial score (nSPS) is 17.3. The summed E-state index contributed by atoms with van der Waals surface area (Å²) in [7, 11) is 1.97. The highest BCUT2D eigenvalue weighted by Crippen LogP contribution is 2.18. The van der Waals surface area contributed by atoms with Crippen molar-refractivity contribution in [1.82, 2.24) is 15.2 Å². The molecule has 1 aliphatic heterocycles. The zero-order chi connectivity index (χ0) is 17.5. The predicted octanol–water partition coefficient (Wildman–Crippen LogP) is 2.30. The van der Waals surface area contributed by atoms with Crippen molar-refractivity contribution in [2.24, 2.45) is 0 Å². The number of hydrogen-bond acceptors (Lipinski definition) is 4. The topological polar surface area (TPSA) is 48.5 Å². The Morgan fingerprint density at radius 3 is 2.84 bits per heavy atom. The van der Waals surface area contributed by atoms with Crippen LogP contribution >= 0.6 is 0 Å². The zero-order valence-electron chi connectivity index (χ0n) is 14.8. The molecule has 0 radical (unpaired) electrons. The summed E-state index contributed by atoms with van der Waals surface area (Å²) in [4.78, 5) is 21.2. The minimum Gasteiger partial charge on any atom is -0.358 e. The van der Waals surface area contributed by atoms with Crippen LogP contribution in [0.3, 0.4) is 0 Å². The molecule has 1 atom stereocenters. The summed E-state index contributed by atoms with van der Waals surface area (Å²) in [5, 5.41) is 3.30. The second kappa shape index (κ2) is 8.62. The van der Waals surface area contributed by atoms with Crippen molar-refractivity contribution in [3.05, 3.63) is 60.4 Å². The van der Waals surface area contributed by atoms with Gasteiger partial charge in [-0.3, -0.25) is 9.78 Å². The number of likely N-dealkylation sites (N-methyl/N-ethyl adjacent to an activating group) is 1. The fraction of sp³-hybridized carbons (Fsp3) is 0.400. The van der Waals surface area contributed by atoms with E-state index >= 15 is 0 Å². The number of anilines is 1. The number of para-hydroxylation sites is 1. The lowest BCUT2D eigenvalue weighted by Crippen LogP contribution is -2.49. The first-order valence-electron chi connectivity index (χ1n) is 8.90. The molecule has 5 nitrogen and oxygen atoms in total. The number of hydrogen-bond donors (Lipinski definition) is 1. The van der Waals surface area contributed by atoms with Gasteiger partial charge in [-0.2, -0.15) is 0 Å². The lowest BCUT2D eigenvalue weighted by molar-refractivity contribution is -0.131. The van der Waals surface area contributed by atoms with E-state index in [4.69, 9.17) is 0 Å². The Morgan fingerprint density at radius 2 is 2.12 bits per heavy atom. The van der Waals surface area contributed by atoms with Crippen molar-refractivity contribution in [3.8, 4) is 0 Å². The van der Waals surface area contributed by atoms with Gasteiger partial charge in [0.05, 0.1) is 6.54 Å². The molecule has 132 valence electrons. The van der Waals surface area contributed by atoms with Gasteiger partial charge in [-0.1, -0.05) is 24.3 Å². The number of carbonyl (C=O) groups excluding carboxylic acids is 1. The Balaban J connectivity index is 1.72. The molecule has 25 heavy (non-hydrogen) atoms. The molecule has 1 unspecified atom stereocenters. The van der Waals surface area contributed by atoms with E-state index in [-0.39, 0.29) is 5.91 Å². The molecule has 1 amide bonds. The number of rotatable bonds is 6. The molecule has 0 spiro atoms. The van der Waals surface area contributed by atoms with E-state index in [1.807, 2.05) is 48.5 Å². The predicted molar refractivity (Wildman–Crippen MR) is 100 cm³/mol. The third-order valence-electron chi connectivity index (χ3n) is 4.73. The number of pyridine rings is 1. The minimum absolute atomic E-state index is 0.188. The molecular formula is C20H26N4O. The molecular weight excluding hydrogens is 312 g/mol. The van der Waals surface area contributed by atoms with E-state index < -0.39 is 0 Å². The molecule has 1 aromatic carbocycles. The zero-order valence-corrected chi connectivity index (χ0v) is 14.8. The van der Waals surface area contributed by atoms with Crippen molar-refractivity contribution in [2.75, 3.05) is 31.6 Å². The summed E-state index contributed by atoms with van der Waals surface area (Å²) in [5.41, 5.74) is 2.16. The monoisotopic (exact) mass is 338 g/mol. The van der Waals surface area contributed by atoms with Gasteiger partial charge in [0.2, 0.25) is 5.91 Å². The van der Waals surface area contributed by atoms with Gasteiger partial charge in [-0.15, -0.1) is 0 Å². The first-order chi connectivity index (χ1) is 12.3. The maximum atomic E-state index is 12.9. The Kier molecular flexibility index (Phi) is 6.01. The van der Waals surface area contributed by atoms with E-state index in [1.54, 1.807) is 6.20 Å². The van der Waals surface area contributed by atoms with E-state index in [9.17, 15) is 4.79 Å². The number of piperidine rings is 1. The van der Waals surface area contributed by atoms with Crippen LogP contribution in [0.15, 0.2) is 54.9 Å². The average Bonchev–Trinajstić information content (AvgIpc) is 2.69. The lowest BCUT2D eigenvalue weighted by atomic mass is 10.1. The molecule has 1 N–H and O–H groups in total. The van der Waals surface area contributed by atoms with Gasteiger partial charge in [0, 0.05) is 43.8 Å². The Morgan fingerprint density at radius 1 is 1.28 bits per heavy atom. The van der Waals surface area contributed by atoms with E-state index in [1.165, 1.54) is 0 Å². The highest BCUT2D eigenvalue weighted by atomic mass is 16.2. The molecule has 5 heteroatoms. The van der Waals surface area contributed by atoms with Crippen LogP contribution in [0.4, 0.5) is 5.69 Å². The van der Waals surface area contributed by atoms with E-state index in [0.717, 1.165) is 37.2 Å². The van der Waals surface area contributed by atoms with Crippen molar-refractivity contribution in [1.29, 1.82) is 0 Å². The van der Waals surface area contributed by atoms with Crippen LogP contribution in [0, 0.1) is 0 Å². The number of aromatic nitrogens is 1. The standard InChI is InChI=1S/C20H26N4O/c1-21-18-8-6-12-23(15-18)20(25)16-24(19-9-3-2-4-10-19)14-17-7-5-11-22-13-17/h2-5,7,9-11,13,18,21H,6,8,12,14-16H2,1H3. The first kappa shape index (κ1) is 17.4. The summed E-state index contributed by atoms with van der Waals surface area (Å²) in [6, 6.07) is 14.5. The van der Waals surface area contributed by atoms with Crippen molar-refractivity contribution < 1.29 is 4.79 Å². The smallest absolute Gasteiger partial charge is 0.242 e. The van der Waals surface area contributed by atoms with Gasteiger partial charge in [0.15, 0.2) is 0 Å². The summed E-state index contributed by atoms with van der Waals surface area (Å²) in [6.07, 6.45) is 5.83. The highest BCUT2D eigenvalue weighted by Gasteiger charge is 2.24. The average molecular weight is 338 g/mol. The highest BCUT2D eigenvalue weighted by molar-refractivity contribution is 5.81. The van der Waals surface area contributed by atoms with Gasteiger partial charge in [-0.25, -0.2) is 0 Å². The lowest BCUT2D eigenvalue weighted by Gasteiger charge is -2.34. The number of benzene rings is 1. The number of nitrogens with one attached hydrogen (secondary N) is 1. The van der Waals surface area contributed by atoms with Gasteiger partial charge in [0.25, 0.3) is 0 Å². The summed E-state index contributed by atoms with van der Waals surface area (Å²) in [5.74, 6) is 0.188. The van der Waals surface area contributed by atoms with Crippen LogP contribution in [0.2, 0.25) is 0 Å². The minimum atomic E-state index is 0.188. The third kappa shape index (κ3) is 4.79. The number of nitrogens with zero attached hydrogens (tertiary/aromatic N) is 3. The molecule has 2 aromatic rings. The summed E-state index contributed by atoms with van der Waals surface area (Å²) in [6.45, 7) is 2.71. The summed E-state index contributed by atoms with van der Waals surface area (Å²) < 4.78 is 0. The molecule has 1 aliphatic rings. The molecule has 0 bridgehead atoms.